The molecule has 0 aliphatic carbocycles. The predicted molar refractivity (Wildman–Crippen MR) is 65.5 cm³/mol. The number of hydrogen-bond donors (Lipinski definition) is 0. The fourth-order valence-corrected chi connectivity index (χ4v) is 1.56. The number of carbonyl (C=O) groups excluding carboxylic acids is 1. The van der Waals surface area contributed by atoms with Gasteiger partial charge in [0.05, 0.1) is 13.4 Å². The minimum absolute atomic E-state index is 0.204. The first kappa shape index (κ1) is 12.2. The summed E-state index contributed by atoms with van der Waals surface area (Å²) in [6.07, 6.45) is 1.10. The second-order valence-corrected chi connectivity index (χ2v) is 3.80. The molecule has 4 nitrogen and oxygen atoms in total. The summed E-state index contributed by atoms with van der Waals surface area (Å²) in [6, 6.07) is 10.6. The van der Waals surface area contributed by atoms with Crippen molar-refractivity contribution >= 4 is 5.97 Å². The molecule has 0 N–H and O–H groups in total. The Morgan fingerprint density at radius 1 is 1.22 bits per heavy atom. The molecule has 1 heterocycles. The summed E-state index contributed by atoms with van der Waals surface area (Å²) in [5.41, 5.74) is 0.899. The Morgan fingerprint density at radius 2 is 1.94 bits per heavy atom. The first-order valence-electron chi connectivity index (χ1n) is 5.59. The lowest BCUT2D eigenvalue weighted by Crippen LogP contribution is -2.08. The third-order valence-electron chi connectivity index (χ3n) is 2.59. The second kappa shape index (κ2) is 5.40. The maximum atomic E-state index is 11.7. The Labute approximate surface area is 105 Å². The maximum absolute atomic E-state index is 11.7. The lowest BCUT2D eigenvalue weighted by molar-refractivity contribution is 0.0301. The highest BCUT2D eigenvalue weighted by atomic mass is 16.6. The molecule has 0 unspecified atom stereocenters. The van der Waals surface area contributed by atoms with E-state index in [0.29, 0.717) is 0 Å². The molecule has 1 atom stereocenters. The number of benzene rings is 1. The highest BCUT2D eigenvalue weighted by Crippen LogP contribution is 2.21. The molecule has 0 aliphatic heterocycles. The monoisotopic (exact) mass is 246 g/mol. The lowest BCUT2D eigenvalue weighted by atomic mass is 10.1. The summed E-state index contributed by atoms with van der Waals surface area (Å²) in [5.74, 6) is 0.502. The summed E-state index contributed by atoms with van der Waals surface area (Å²) in [7, 11) is 1.61. The second-order valence-electron chi connectivity index (χ2n) is 3.80. The third kappa shape index (κ3) is 2.71. The molecular formula is C14H14O4. The summed E-state index contributed by atoms with van der Waals surface area (Å²) in [4.78, 5) is 11.7. The zero-order chi connectivity index (χ0) is 13.0. The molecule has 0 saturated carbocycles. The van der Waals surface area contributed by atoms with Crippen molar-refractivity contribution in [3.8, 4) is 5.75 Å². The molecule has 0 amide bonds. The first-order valence-corrected chi connectivity index (χ1v) is 5.59. The van der Waals surface area contributed by atoms with E-state index in [1.807, 2.05) is 31.2 Å². The van der Waals surface area contributed by atoms with Crippen LogP contribution >= 0.6 is 0 Å². The zero-order valence-electron chi connectivity index (χ0n) is 10.3. The van der Waals surface area contributed by atoms with Crippen LogP contribution in [0, 0.1) is 0 Å². The molecule has 0 bridgehead atoms. The molecule has 0 radical (unpaired) electrons. The average Bonchev–Trinajstić information content (AvgIpc) is 2.92. The Hall–Kier alpha value is -2.23. The van der Waals surface area contributed by atoms with E-state index in [9.17, 15) is 4.79 Å². The molecule has 0 aliphatic rings. The van der Waals surface area contributed by atoms with Crippen LogP contribution in [0.25, 0.3) is 0 Å². The van der Waals surface area contributed by atoms with Crippen LogP contribution in [0.1, 0.15) is 29.1 Å². The highest BCUT2D eigenvalue weighted by Gasteiger charge is 2.15. The molecule has 2 rings (SSSR count). The fourth-order valence-electron chi connectivity index (χ4n) is 1.56. The number of furan rings is 1. The maximum Gasteiger partial charge on any atom is 0.374 e. The molecule has 2 aromatic rings. The van der Waals surface area contributed by atoms with Gasteiger partial charge in [-0.05, 0) is 36.8 Å². The van der Waals surface area contributed by atoms with Gasteiger partial charge < -0.3 is 13.9 Å². The number of methoxy groups -OCH3 is 1. The van der Waals surface area contributed by atoms with Crippen molar-refractivity contribution in [3.63, 3.8) is 0 Å². The highest BCUT2D eigenvalue weighted by molar-refractivity contribution is 5.86. The Bertz CT molecular complexity index is 499. The van der Waals surface area contributed by atoms with E-state index in [2.05, 4.69) is 0 Å². The van der Waals surface area contributed by atoms with Crippen LogP contribution in [0.5, 0.6) is 5.75 Å². The standard InChI is InChI=1S/C14H14O4/c1-10(11-5-7-12(16-2)8-6-11)18-14(15)13-4-3-9-17-13/h3-10H,1-2H3/t10-/m0/s1. The fraction of sp³-hybridized carbons (Fsp3) is 0.214. The smallest absolute Gasteiger partial charge is 0.374 e. The molecule has 0 fully saturated rings. The number of ether oxygens (including phenoxy) is 2. The van der Waals surface area contributed by atoms with Gasteiger partial charge in [0, 0.05) is 0 Å². The van der Waals surface area contributed by atoms with Crippen LogP contribution in [0.2, 0.25) is 0 Å². The summed E-state index contributed by atoms with van der Waals surface area (Å²) >= 11 is 0. The van der Waals surface area contributed by atoms with Gasteiger partial charge >= 0.3 is 5.97 Å². The normalized spacial score (nSPS) is 11.9. The minimum Gasteiger partial charge on any atom is -0.497 e. The van der Waals surface area contributed by atoms with Gasteiger partial charge in [-0.3, -0.25) is 0 Å². The van der Waals surface area contributed by atoms with Crippen LogP contribution in [-0.2, 0) is 4.74 Å². The van der Waals surface area contributed by atoms with Crippen molar-refractivity contribution < 1.29 is 18.7 Å². The summed E-state index contributed by atoms with van der Waals surface area (Å²) in [6.45, 7) is 1.81. The van der Waals surface area contributed by atoms with E-state index in [0.717, 1.165) is 11.3 Å². The van der Waals surface area contributed by atoms with Crippen LogP contribution in [0.3, 0.4) is 0 Å². The molecule has 4 heteroatoms. The Balaban J connectivity index is 2.02. The minimum atomic E-state index is -0.469. The van der Waals surface area contributed by atoms with Crippen molar-refractivity contribution in [2.75, 3.05) is 7.11 Å². The predicted octanol–water partition coefficient (Wildman–Crippen LogP) is 3.21. The van der Waals surface area contributed by atoms with Gasteiger partial charge in [-0.2, -0.15) is 0 Å². The molecule has 94 valence electrons. The largest absolute Gasteiger partial charge is 0.497 e. The summed E-state index contributed by atoms with van der Waals surface area (Å²) < 4.78 is 15.3. The number of carbonyl (C=O) groups is 1. The van der Waals surface area contributed by atoms with Crippen molar-refractivity contribution in [2.24, 2.45) is 0 Å². The molecule has 0 spiro atoms. The zero-order valence-corrected chi connectivity index (χ0v) is 10.3. The summed E-state index contributed by atoms with van der Waals surface area (Å²) in [5, 5.41) is 0. The van der Waals surface area contributed by atoms with Gasteiger partial charge in [0.25, 0.3) is 0 Å². The van der Waals surface area contributed by atoms with Gasteiger partial charge in [0.15, 0.2) is 0 Å². The van der Waals surface area contributed by atoms with Gasteiger partial charge in [-0.25, -0.2) is 4.79 Å². The molecule has 18 heavy (non-hydrogen) atoms. The van der Waals surface area contributed by atoms with Crippen molar-refractivity contribution in [1.29, 1.82) is 0 Å². The van der Waals surface area contributed by atoms with E-state index in [4.69, 9.17) is 13.9 Å². The Morgan fingerprint density at radius 3 is 2.50 bits per heavy atom. The molecule has 1 aromatic heterocycles. The quantitative estimate of drug-likeness (QED) is 0.777. The van der Waals surface area contributed by atoms with Gasteiger partial charge in [-0.1, -0.05) is 12.1 Å². The van der Waals surface area contributed by atoms with E-state index < -0.39 is 5.97 Å². The third-order valence-corrected chi connectivity index (χ3v) is 2.59. The van der Waals surface area contributed by atoms with Crippen molar-refractivity contribution in [1.82, 2.24) is 0 Å². The van der Waals surface area contributed by atoms with E-state index in [1.54, 1.807) is 19.2 Å². The SMILES string of the molecule is COc1ccc([C@H](C)OC(=O)c2ccco2)cc1. The van der Waals surface area contributed by atoms with Gasteiger partial charge in [0.2, 0.25) is 5.76 Å². The first-order chi connectivity index (χ1) is 8.70. The van der Waals surface area contributed by atoms with E-state index >= 15 is 0 Å². The topological polar surface area (TPSA) is 48.7 Å². The number of hydrogen-bond acceptors (Lipinski definition) is 4. The van der Waals surface area contributed by atoms with Gasteiger partial charge in [-0.15, -0.1) is 0 Å². The van der Waals surface area contributed by atoms with Crippen LogP contribution in [-0.4, -0.2) is 13.1 Å². The van der Waals surface area contributed by atoms with Crippen LogP contribution in [0.4, 0.5) is 0 Å². The number of rotatable bonds is 4. The van der Waals surface area contributed by atoms with Crippen LogP contribution in [0.15, 0.2) is 47.1 Å². The molecular weight excluding hydrogens is 232 g/mol. The molecule has 1 aromatic carbocycles. The van der Waals surface area contributed by atoms with Crippen molar-refractivity contribution in [2.45, 2.75) is 13.0 Å². The van der Waals surface area contributed by atoms with Gasteiger partial charge in [0.1, 0.15) is 11.9 Å². The lowest BCUT2D eigenvalue weighted by Gasteiger charge is -2.13. The average molecular weight is 246 g/mol. The number of esters is 1. The molecule has 0 saturated heterocycles. The Kier molecular flexibility index (Phi) is 3.67. The van der Waals surface area contributed by atoms with Crippen molar-refractivity contribution in [3.05, 3.63) is 54.0 Å². The van der Waals surface area contributed by atoms with E-state index in [1.165, 1.54) is 6.26 Å². The van der Waals surface area contributed by atoms with Crippen LogP contribution < -0.4 is 4.74 Å². The van der Waals surface area contributed by atoms with E-state index in [-0.39, 0.29) is 11.9 Å².